The molecule has 5 rings (SSSR count). The standard InChI is InChI=1S/C27H22N4O4S/c1-35-20-8-5-17(6-9-20)11-13-31-26(33)21-10-7-18(14-22(21)27(31)34)24(32)29-15-19-16-36-25(30-19)23-4-2-3-12-28-23/h2-10,12,14,16H,11,13,15H2,1H3,(H,29,32). The molecule has 0 spiro atoms. The first-order valence-electron chi connectivity index (χ1n) is 11.3. The van der Waals surface area contributed by atoms with Gasteiger partial charge in [0.2, 0.25) is 0 Å². The molecule has 1 aliphatic rings. The second-order valence-corrected chi connectivity index (χ2v) is 9.02. The van der Waals surface area contributed by atoms with Crippen molar-refractivity contribution in [1.29, 1.82) is 0 Å². The number of carbonyl (C=O) groups excluding carboxylic acids is 3. The second-order valence-electron chi connectivity index (χ2n) is 8.16. The van der Waals surface area contributed by atoms with Gasteiger partial charge in [0.05, 0.1) is 36.2 Å². The highest BCUT2D eigenvalue weighted by atomic mass is 32.1. The Morgan fingerprint density at radius 3 is 2.58 bits per heavy atom. The molecule has 0 atom stereocenters. The van der Waals surface area contributed by atoms with Crippen LogP contribution in [0.25, 0.3) is 10.7 Å². The Morgan fingerprint density at radius 2 is 1.83 bits per heavy atom. The highest BCUT2D eigenvalue weighted by molar-refractivity contribution is 7.13. The molecule has 3 amide bonds. The molecule has 0 unspecified atom stereocenters. The fourth-order valence-electron chi connectivity index (χ4n) is 3.94. The molecule has 1 N–H and O–H groups in total. The molecule has 36 heavy (non-hydrogen) atoms. The summed E-state index contributed by atoms with van der Waals surface area (Å²) in [6, 6.07) is 17.7. The van der Waals surface area contributed by atoms with Crippen LogP contribution in [0.3, 0.4) is 0 Å². The molecular weight excluding hydrogens is 476 g/mol. The van der Waals surface area contributed by atoms with Crippen LogP contribution >= 0.6 is 11.3 Å². The monoisotopic (exact) mass is 498 g/mol. The molecule has 0 fully saturated rings. The maximum Gasteiger partial charge on any atom is 0.261 e. The summed E-state index contributed by atoms with van der Waals surface area (Å²) in [4.78, 5) is 48.6. The van der Waals surface area contributed by atoms with Crippen molar-refractivity contribution in [3.05, 3.63) is 100 Å². The van der Waals surface area contributed by atoms with Crippen LogP contribution in [0.15, 0.2) is 72.2 Å². The van der Waals surface area contributed by atoms with Crippen molar-refractivity contribution in [2.24, 2.45) is 0 Å². The number of nitrogens with one attached hydrogen (secondary N) is 1. The van der Waals surface area contributed by atoms with Gasteiger partial charge >= 0.3 is 0 Å². The predicted molar refractivity (Wildman–Crippen MR) is 135 cm³/mol. The van der Waals surface area contributed by atoms with Crippen molar-refractivity contribution in [3.63, 3.8) is 0 Å². The van der Waals surface area contributed by atoms with Gasteiger partial charge in [-0.05, 0) is 54.4 Å². The number of nitrogens with zero attached hydrogens (tertiary/aromatic N) is 3. The van der Waals surface area contributed by atoms with Crippen molar-refractivity contribution < 1.29 is 19.1 Å². The molecule has 9 heteroatoms. The summed E-state index contributed by atoms with van der Waals surface area (Å²) in [6.45, 7) is 0.489. The molecule has 0 saturated heterocycles. The van der Waals surface area contributed by atoms with E-state index < -0.39 is 5.91 Å². The van der Waals surface area contributed by atoms with Crippen LogP contribution in [-0.4, -0.2) is 46.2 Å². The Balaban J connectivity index is 1.22. The summed E-state index contributed by atoms with van der Waals surface area (Å²) < 4.78 is 5.16. The number of rotatable bonds is 8. The summed E-state index contributed by atoms with van der Waals surface area (Å²) in [5, 5.41) is 5.47. The van der Waals surface area contributed by atoms with Crippen molar-refractivity contribution in [3.8, 4) is 16.5 Å². The number of thiazole rings is 1. The highest BCUT2D eigenvalue weighted by Gasteiger charge is 2.35. The zero-order valence-corrected chi connectivity index (χ0v) is 20.2. The predicted octanol–water partition coefficient (Wildman–Crippen LogP) is 3.98. The third-order valence-corrected chi connectivity index (χ3v) is 6.80. The molecule has 1 aliphatic heterocycles. The quantitative estimate of drug-likeness (QED) is 0.369. The summed E-state index contributed by atoms with van der Waals surface area (Å²) in [5.41, 5.74) is 3.34. The lowest BCUT2D eigenvalue weighted by Crippen LogP contribution is -2.31. The first-order chi connectivity index (χ1) is 17.5. The number of fused-ring (bicyclic) bond motifs is 1. The van der Waals surface area contributed by atoms with Gasteiger partial charge in [0.25, 0.3) is 17.7 Å². The molecule has 0 saturated carbocycles. The molecule has 0 aliphatic carbocycles. The SMILES string of the molecule is COc1ccc(CCN2C(=O)c3ccc(C(=O)NCc4csc(-c5ccccn5)n4)cc3C2=O)cc1. The Kier molecular flexibility index (Phi) is 6.55. The van der Waals surface area contributed by atoms with Crippen molar-refractivity contribution in [1.82, 2.24) is 20.2 Å². The number of carbonyl (C=O) groups is 3. The number of ether oxygens (including phenoxy) is 1. The molecule has 2 aromatic heterocycles. The summed E-state index contributed by atoms with van der Waals surface area (Å²) in [6.07, 6.45) is 2.23. The number of hydrogen-bond donors (Lipinski definition) is 1. The van der Waals surface area contributed by atoms with E-state index in [9.17, 15) is 14.4 Å². The maximum absolute atomic E-state index is 13.0. The third-order valence-electron chi connectivity index (χ3n) is 5.88. The smallest absolute Gasteiger partial charge is 0.261 e. The number of benzene rings is 2. The number of imide groups is 1. The van der Waals surface area contributed by atoms with E-state index >= 15 is 0 Å². The van der Waals surface area contributed by atoms with Crippen LogP contribution in [0, 0.1) is 0 Å². The van der Waals surface area contributed by atoms with Crippen LogP contribution < -0.4 is 10.1 Å². The number of methoxy groups -OCH3 is 1. The van der Waals surface area contributed by atoms with E-state index in [0.29, 0.717) is 23.2 Å². The van der Waals surface area contributed by atoms with Gasteiger partial charge in [0.1, 0.15) is 10.8 Å². The normalized spacial score (nSPS) is 12.5. The Hall–Kier alpha value is -4.37. The molecule has 0 radical (unpaired) electrons. The van der Waals surface area contributed by atoms with Gasteiger partial charge in [-0.1, -0.05) is 18.2 Å². The van der Waals surface area contributed by atoms with Crippen LogP contribution in [0.2, 0.25) is 0 Å². The van der Waals surface area contributed by atoms with Crippen LogP contribution in [0.4, 0.5) is 0 Å². The fraction of sp³-hybridized carbons (Fsp3) is 0.148. The zero-order valence-electron chi connectivity index (χ0n) is 19.4. The van der Waals surface area contributed by atoms with Gasteiger partial charge in [-0.15, -0.1) is 11.3 Å². The van der Waals surface area contributed by atoms with Gasteiger partial charge in [-0.2, -0.15) is 0 Å². The van der Waals surface area contributed by atoms with Gasteiger partial charge in [0, 0.05) is 23.7 Å². The van der Waals surface area contributed by atoms with Crippen molar-refractivity contribution in [2.45, 2.75) is 13.0 Å². The van der Waals surface area contributed by atoms with Gasteiger partial charge in [-0.3, -0.25) is 24.3 Å². The van der Waals surface area contributed by atoms with E-state index in [1.807, 2.05) is 47.8 Å². The minimum atomic E-state index is -0.391. The van der Waals surface area contributed by atoms with E-state index in [0.717, 1.165) is 22.0 Å². The average molecular weight is 499 g/mol. The van der Waals surface area contributed by atoms with Crippen molar-refractivity contribution in [2.75, 3.05) is 13.7 Å². The Labute approximate surface area is 211 Å². The lowest BCUT2D eigenvalue weighted by atomic mass is 10.1. The number of aromatic nitrogens is 2. The summed E-state index contributed by atoms with van der Waals surface area (Å²) in [7, 11) is 1.60. The van der Waals surface area contributed by atoms with Crippen molar-refractivity contribution >= 4 is 29.1 Å². The Morgan fingerprint density at radius 1 is 1.03 bits per heavy atom. The maximum atomic E-state index is 13.0. The number of amides is 3. The number of pyridine rings is 1. The lowest BCUT2D eigenvalue weighted by molar-refractivity contribution is 0.0656. The number of hydrogen-bond acceptors (Lipinski definition) is 7. The topological polar surface area (TPSA) is 101 Å². The first-order valence-corrected chi connectivity index (χ1v) is 12.2. The molecular formula is C27H22N4O4S. The van der Waals surface area contributed by atoms with Gasteiger partial charge in [-0.25, -0.2) is 4.98 Å². The fourth-order valence-corrected chi connectivity index (χ4v) is 4.73. The molecule has 4 aromatic rings. The van der Waals surface area contributed by atoms with E-state index in [4.69, 9.17) is 4.74 Å². The van der Waals surface area contributed by atoms with Gasteiger partial charge < -0.3 is 10.1 Å². The zero-order chi connectivity index (χ0) is 25.1. The van der Waals surface area contributed by atoms with Crippen LogP contribution in [0.5, 0.6) is 5.75 Å². The van der Waals surface area contributed by atoms with Crippen LogP contribution in [-0.2, 0) is 13.0 Å². The lowest BCUT2D eigenvalue weighted by Gasteiger charge is -2.13. The molecule has 3 heterocycles. The van der Waals surface area contributed by atoms with Gasteiger partial charge in [0.15, 0.2) is 0 Å². The minimum Gasteiger partial charge on any atom is -0.497 e. The Bertz CT molecular complexity index is 1430. The molecule has 8 nitrogen and oxygen atoms in total. The van der Waals surface area contributed by atoms with E-state index in [1.165, 1.54) is 22.3 Å². The third kappa shape index (κ3) is 4.73. The summed E-state index contributed by atoms with van der Waals surface area (Å²) >= 11 is 1.45. The highest BCUT2D eigenvalue weighted by Crippen LogP contribution is 2.25. The molecule has 180 valence electrons. The largest absolute Gasteiger partial charge is 0.497 e. The van der Waals surface area contributed by atoms with E-state index in [-0.39, 0.29) is 30.5 Å². The average Bonchev–Trinajstić information content (AvgIpc) is 3.49. The first kappa shape index (κ1) is 23.4. The molecule has 2 aromatic carbocycles. The second kappa shape index (κ2) is 10.1. The minimum absolute atomic E-state index is 0.236. The summed E-state index contributed by atoms with van der Waals surface area (Å²) in [5.74, 6) is -0.339. The van der Waals surface area contributed by atoms with E-state index in [2.05, 4.69) is 15.3 Å². The van der Waals surface area contributed by atoms with Crippen LogP contribution in [0.1, 0.15) is 42.3 Å². The molecule has 0 bridgehead atoms. The van der Waals surface area contributed by atoms with E-state index in [1.54, 1.807) is 25.4 Å².